The summed E-state index contributed by atoms with van der Waals surface area (Å²) in [7, 11) is 0. The number of nitrogens with one attached hydrogen (secondary N) is 2. The summed E-state index contributed by atoms with van der Waals surface area (Å²) in [5, 5.41) is 6.04. The molecule has 0 aromatic carbocycles. The zero-order valence-electron chi connectivity index (χ0n) is 12.9. The van der Waals surface area contributed by atoms with Crippen molar-refractivity contribution in [2.45, 2.75) is 57.6 Å². The molecule has 20 heavy (non-hydrogen) atoms. The summed E-state index contributed by atoms with van der Waals surface area (Å²) in [6, 6.07) is 0.193. The number of ether oxygens (including phenoxy) is 1. The number of amides is 2. The fourth-order valence-corrected chi connectivity index (χ4v) is 3.10. The summed E-state index contributed by atoms with van der Waals surface area (Å²) in [5.41, 5.74) is -0.121. The summed E-state index contributed by atoms with van der Waals surface area (Å²) in [6.45, 7) is 8.94. The molecule has 2 amide bonds. The third kappa shape index (κ3) is 5.29. The van der Waals surface area contributed by atoms with Gasteiger partial charge in [0.1, 0.15) is 0 Å². The molecule has 2 rings (SSSR count). The molecule has 0 spiro atoms. The molecule has 0 aromatic heterocycles. The molecule has 0 bridgehead atoms. The average Bonchev–Trinajstić information content (AvgIpc) is 2.38. The van der Waals surface area contributed by atoms with Gasteiger partial charge in [-0.2, -0.15) is 0 Å². The van der Waals surface area contributed by atoms with Crippen molar-refractivity contribution in [2.24, 2.45) is 0 Å². The summed E-state index contributed by atoms with van der Waals surface area (Å²) in [6.07, 6.45) is 5.73. The highest BCUT2D eigenvalue weighted by Crippen LogP contribution is 2.23. The molecule has 2 aliphatic rings. The van der Waals surface area contributed by atoms with E-state index in [1.807, 2.05) is 0 Å². The number of urea groups is 1. The van der Waals surface area contributed by atoms with E-state index in [9.17, 15) is 4.79 Å². The fraction of sp³-hybridized carbons (Fsp3) is 0.933. The molecule has 2 fully saturated rings. The van der Waals surface area contributed by atoms with E-state index in [4.69, 9.17) is 4.74 Å². The van der Waals surface area contributed by atoms with Gasteiger partial charge in [-0.1, -0.05) is 6.42 Å². The van der Waals surface area contributed by atoms with Gasteiger partial charge in [0.15, 0.2) is 0 Å². The van der Waals surface area contributed by atoms with E-state index in [1.165, 1.54) is 32.4 Å². The molecular formula is C15H29N3O2. The predicted octanol–water partition coefficient (Wildman–Crippen LogP) is 1.73. The van der Waals surface area contributed by atoms with Crippen LogP contribution in [0.2, 0.25) is 0 Å². The Labute approximate surface area is 122 Å². The second-order valence-electron chi connectivity index (χ2n) is 6.60. The van der Waals surface area contributed by atoms with Crippen molar-refractivity contribution < 1.29 is 9.53 Å². The van der Waals surface area contributed by atoms with Crippen LogP contribution in [0.5, 0.6) is 0 Å². The molecule has 2 N–H and O–H groups in total. The lowest BCUT2D eigenvalue weighted by Crippen LogP contribution is -2.50. The Morgan fingerprint density at radius 2 is 2.05 bits per heavy atom. The van der Waals surface area contributed by atoms with Gasteiger partial charge in [-0.15, -0.1) is 0 Å². The average molecular weight is 283 g/mol. The Hall–Kier alpha value is -0.810. The van der Waals surface area contributed by atoms with Crippen LogP contribution in [0.1, 0.15) is 46.0 Å². The number of nitrogens with zero attached hydrogens (tertiary/aromatic N) is 1. The number of carbonyl (C=O) groups is 1. The van der Waals surface area contributed by atoms with Crippen LogP contribution in [0.3, 0.4) is 0 Å². The fourth-order valence-electron chi connectivity index (χ4n) is 3.10. The Kier molecular flexibility index (Phi) is 5.66. The highest BCUT2D eigenvalue weighted by Gasteiger charge is 2.29. The normalized spacial score (nSPS) is 27.0. The van der Waals surface area contributed by atoms with Gasteiger partial charge >= 0.3 is 6.03 Å². The number of hydrogen-bond donors (Lipinski definition) is 2. The molecule has 2 saturated heterocycles. The van der Waals surface area contributed by atoms with Crippen LogP contribution >= 0.6 is 0 Å². The van der Waals surface area contributed by atoms with Crippen molar-refractivity contribution >= 4 is 6.03 Å². The molecule has 5 heteroatoms. The molecule has 0 radical (unpaired) electrons. The number of carbonyl (C=O) groups excluding carboxylic acids is 1. The van der Waals surface area contributed by atoms with Gasteiger partial charge in [-0.05, 0) is 52.6 Å². The number of likely N-dealkylation sites (tertiary alicyclic amines) is 1. The first-order chi connectivity index (χ1) is 9.55. The number of piperidine rings is 1. The predicted molar refractivity (Wildman–Crippen MR) is 79.9 cm³/mol. The van der Waals surface area contributed by atoms with E-state index < -0.39 is 0 Å². The van der Waals surface area contributed by atoms with Gasteiger partial charge in [-0.3, -0.25) is 0 Å². The molecule has 2 heterocycles. The molecule has 116 valence electrons. The first kappa shape index (κ1) is 15.6. The second-order valence-corrected chi connectivity index (χ2v) is 6.60. The van der Waals surface area contributed by atoms with Gasteiger partial charge in [0, 0.05) is 25.7 Å². The van der Waals surface area contributed by atoms with Crippen molar-refractivity contribution in [3.05, 3.63) is 0 Å². The molecular weight excluding hydrogens is 254 g/mol. The second kappa shape index (κ2) is 7.27. The van der Waals surface area contributed by atoms with Crippen LogP contribution in [0.4, 0.5) is 4.79 Å². The van der Waals surface area contributed by atoms with Crippen LogP contribution in [-0.2, 0) is 4.74 Å². The maximum absolute atomic E-state index is 11.9. The zero-order valence-corrected chi connectivity index (χ0v) is 12.9. The van der Waals surface area contributed by atoms with Crippen molar-refractivity contribution in [3.8, 4) is 0 Å². The summed E-state index contributed by atoms with van der Waals surface area (Å²) >= 11 is 0. The quantitative estimate of drug-likeness (QED) is 0.826. The lowest BCUT2D eigenvalue weighted by Gasteiger charge is -2.35. The minimum absolute atomic E-state index is 0.0373. The maximum Gasteiger partial charge on any atom is 0.315 e. The van der Waals surface area contributed by atoms with Crippen molar-refractivity contribution in [3.63, 3.8) is 0 Å². The smallest absolute Gasteiger partial charge is 0.315 e. The van der Waals surface area contributed by atoms with Crippen LogP contribution in [-0.4, -0.2) is 55.4 Å². The minimum atomic E-state index is -0.121. The Balaban J connectivity index is 1.60. The van der Waals surface area contributed by atoms with Gasteiger partial charge in [0.05, 0.1) is 5.60 Å². The highest BCUT2D eigenvalue weighted by atomic mass is 16.5. The first-order valence-corrected chi connectivity index (χ1v) is 7.96. The molecule has 5 nitrogen and oxygen atoms in total. The lowest BCUT2D eigenvalue weighted by atomic mass is 9.94. The van der Waals surface area contributed by atoms with Crippen molar-refractivity contribution in [1.82, 2.24) is 15.5 Å². The van der Waals surface area contributed by atoms with E-state index >= 15 is 0 Å². The number of hydrogen-bond acceptors (Lipinski definition) is 3. The zero-order chi connectivity index (χ0) is 14.4. The molecule has 0 aliphatic carbocycles. The Bertz CT molecular complexity index is 314. The third-order valence-electron chi connectivity index (χ3n) is 4.19. The standard InChI is InChI=1S/C15H29N3O2/c1-15(2)12-13(6-11-20-15)17-14(19)16-7-10-18-8-4-3-5-9-18/h13H,3-12H2,1-2H3,(H2,16,17,19). The van der Waals surface area contributed by atoms with Gasteiger partial charge in [0.25, 0.3) is 0 Å². The third-order valence-corrected chi connectivity index (χ3v) is 4.19. The molecule has 0 saturated carbocycles. The van der Waals surface area contributed by atoms with Crippen molar-refractivity contribution in [1.29, 1.82) is 0 Å². The molecule has 1 unspecified atom stereocenters. The van der Waals surface area contributed by atoms with Gasteiger partial charge in [0.2, 0.25) is 0 Å². The largest absolute Gasteiger partial charge is 0.375 e. The van der Waals surface area contributed by atoms with E-state index in [1.54, 1.807) is 0 Å². The maximum atomic E-state index is 11.9. The molecule has 1 atom stereocenters. The van der Waals surface area contributed by atoms with Crippen molar-refractivity contribution in [2.75, 3.05) is 32.8 Å². The van der Waals surface area contributed by atoms with E-state index in [-0.39, 0.29) is 17.7 Å². The SMILES string of the molecule is CC1(C)CC(NC(=O)NCCN2CCCCC2)CCO1. The van der Waals surface area contributed by atoms with E-state index in [0.29, 0.717) is 0 Å². The van der Waals surface area contributed by atoms with Crippen LogP contribution in [0, 0.1) is 0 Å². The minimum Gasteiger partial charge on any atom is -0.375 e. The monoisotopic (exact) mass is 283 g/mol. The molecule has 2 aliphatic heterocycles. The van der Waals surface area contributed by atoms with Crippen LogP contribution in [0.15, 0.2) is 0 Å². The topological polar surface area (TPSA) is 53.6 Å². The van der Waals surface area contributed by atoms with Gasteiger partial charge in [-0.25, -0.2) is 4.79 Å². The van der Waals surface area contributed by atoms with Crippen LogP contribution < -0.4 is 10.6 Å². The van der Waals surface area contributed by atoms with E-state index in [2.05, 4.69) is 29.4 Å². The lowest BCUT2D eigenvalue weighted by molar-refractivity contribution is -0.0611. The van der Waals surface area contributed by atoms with Crippen LogP contribution in [0.25, 0.3) is 0 Å². The van der Waals surface area contributed by atoms with Gasteiger partial charge < -0.3 is 20.3 Å². The Morgan fingerprint density at radius 1 is 1.30 bits per heavy atom. The summed E-state index contributed by atoms with van der Waals surface area (Å²) < 4.78 is 5.66. The Morgan fingerprint density at radius 3 is 2.75 bits per heavy atom. The number of rotatable bonds is 4. The summed E-state index contributed by atoms with van der Waals surface area (Å²) in [5.74, 6) is 0. The first-order valence-electron chi connectivity index (χ1n) is 7.96. The molecule has 0 aromatic rings. The summed E-state index contributed by atoms with van der Waals surface area (Å²) in [4.78, 5) is 14.3. The van der Waals surface area contributed by atoms with E-state index in [0.717, 1.165) is 32.5 Å². The highest BCUT2D eigenvalue weighted by molar-refractivity contribution is 5.74.